The van der Waals surface area contributed by atoms with Crippen LogP contribution in [0, 0.1) is 6.92 Å². The highest BCUT2D eigenvalue weighted by Gasteiger charge is 2.12. The van der Waals surface area contributed by atoms with Gasteiger partial charge < -0.3 is 10.8 Å². The van der Waals surface area contributed by atoms with Crippen molar-refractivity contribution in [1.29, 1.82) is 0 Å². The van der Waals surface area contributed by atoms with E-state index in [4.69, 9.17) is 5.73 Å². The lowest BCUT2D eigenvalue weighted by Crippen LogP contribution is -2.29. The maximum Gasteiger partial charge on any atom is 0.259 e. The number of aryl methyl sites for hydroxylation is 1. The first-order valence-corrected chi connectivity index (χ1v) is 4.56. The van der Waals surface area contributed by atoms with Gasteiger partial charge in [0.1, 0.15) is 5.82 Å². The smallest absolute Gasteiger partial charge is 0.259 e. The number of hydrogen-bond donors (Lipinski definition) is 2. The molecule has 0 aliphatic heterocycles. The molecule has 5 nitrogen and oxygen atoms in total. The van der Waals surface area contributed by atoms with Crippen molar-refractivity contribution >= 4 is 0 Å². The number of aromatic nitrogens is 2. The maximum absolute atomic E-state index is 11.7. The summed E-state index contributed by atoms with van der Waals surface area (Å²) in [5.74, 6) is 0.644. The van der Waals surface area contributed by atoms with Crippen LogP contribution in [0.4, 0.5) is 0 Å². The van der Waals surface area contributed by atoms with Gasteiger partial charge in [0, 0.05) is 19.3 Å². The molecule has 1 heterocycles. The van der Waals surface area contributed by atoms with Crippen LogP contribution in [-0.2, 0) is 6.54 Å². The summed E-state index contributed by atoms with van der Waals surface area (Å²) in [6.45, 7) is 4.19. The number of hydrogen-bond acceptors (Lipinski definition) is 4. The van der Waals surface area contributed by atoms with E-state index in [1.165, 1.54) is 10.8 Å². The van der Waals surface area contributed by atoms with Crippen molar-refractivity contribution < 1.29 is 5.11 Å². The van der Waals surface area contributed by atoms with Crippen LogP contribution in [-0.4, -0.2) is 21.2 Å². The lowest BCUT2D eigenvalue weighted by atomic mass is 10.2. The summed E-state index contributed by atoms with van der Waals surface area (Å²) in [6, 6.07) is 0. The van der Waals surface area contributed by atoms with Crippen molar-refractivity contribution in [3.8, 4) is 0 Å². The van der Waals surface area contributed by atoms with Crippen molar-refractivity contribution in [2.45, 2.75) is 26.5 Å². The Balaban J connectivity index is 3.28. The third kappa shape index (κ3) is 1.83. The van der Waals surface area contributed by atoms with Crippen LogP contribution < -0.4 is 11.3 Å². The van der Waals surface area contributed by atoms with E-state index in [-0.39, 0.29) is 17.7 Å². The first-order valence-electron chi connectivity index (χ1n) is 4.56. The normalized spacial score (nSPS) is 12.9. The zero-order chi connectivity index (χ0) is 10.7. The summed E-state index contributed by atoms with van der Waals surface area (Å²) in [7, 11) is 0. The summed E-state index contributed by atoms with van der Waals surface area (Å²) in [5.41, 5.74) is 5.33. The fraction of sp³-hybridized carbons (Fsp3) is 0.556. The number of nitrogens with zero attached hydrogens (tertiary/aromatic N) is 2. The third-order valence-corrected chi connectivity index (χ3v) is 2.17. The Hall–Kier alpha value is -1.20. The second kappa shape index (κ2) is 4.34. The van der Waals surface area contributed by atoms with E-state index in [1.807, 2.05) is 6.92 Å². The van der Waals surface area contributed by atoms with Crippen molar-refractivity contribution in [3.63, 3.8) is 0 Å². The van der Waals surface area contributed by atoms with Crippen LogP contribution in [0.1, 0.15) is 24.4 Å². The monoisotopic (exact) mass is 197 g/mol. The molecule has 0 fully saturated rings. The van der Waals surface area contributed by atoms with E-state index in [1.54, 1.807) is 6.92 Å². The molecule has 0 amide bonds. The van der Waals surface area contributed by atoms with E-state index in [0.717, 1.165) is 0 Å². The molecule has 78 valence electrons. The predicted octanol–water partition coefficient (Wildman–Crippen LogP) is -0.436. The fourth-order valence-electron chi connectivity index (χ4n) is 1.32. The van der Waals surface area contributed by atoms with Crippen molar-refractivity contribution in [3.05, 3.63) is 27.9 Å². The minimum absolute atomic E-state index is 0.0314. The van der Waals surface area contributed by atoms with Crippen LogP contribution in [0.15, 0.2) is 11.0 Å². The topological polar surface area (TPSA) is 81.1 Å². The van der Waals surface area contributed by atoms with Gasteiger partial charge in [-0.3, -0.25) is 9.36 Å². The van der Waals surface area contributed by atoms with Gasteiger partial charge in [0.15, 0.2) is 0 Å². The predicted molar refractivity (Wildman–Crippen MR) is 52.9 cm³/mol. The average Bonchev–Trinajstić information content (AvgIpc) is 2.18. The molecular weight excluding hydrogens is 182 g/mol. The molecule has 0 saturated heterocycles. The molecule has 1 aromatic heterocycles. The highest BCUT2D eigenvalue weighted by Crippen LogP contribution is 2.04. The van der Waals surface area contributed by atoms with Gasteiger partial charge in [-0.1, -0.05) is 0 Å². The molecule has 1 atom stereocenters. The van der Waals surface area contributed by atoms with Gasteiger partial charge >= 0.3 is 0 Å². The minimum atomic E-state index is -0.923. The Morgan fingerprint density at radius 3 is 2.86 bits per heavy atom. The molecule has 5 heteroatoms. The van der Waals surface area contributed by atoms with Gasteiger partial charge in [0.2, 0.25) is 0 Å². The summed E-state index contributed by atoms with van der Waals surface area (Å²) in [4.78, 5) is 15.8. The first kappa shape index (κ1) is 10.9. The summed E-state index contributed by atoms with van der Waals surface area (Å²) < 4.78 is 1.51. The van der Waals surface area contributed by atoms with Gasteiger partial charge in [-0.2, -0.15) is 0 Å². The van der Waals surface area contributed by atoms with Crippen LogP contribution >= 0.6 is 0 Å². The summed E-state index contributed by atoms with van der Waals surface area (Å²) in [6.07, 6.45) is 0.467. The Morgan fingerprint density at radius 2 is 2.36 bits per heavy atom. The van der Waals surface area contributed by atoms with Crippen LogP contribution in [0.3, 0.4) is 0 Å². The lowest BCUT2D eigenvalue weighted by Gasteiger charge is -2.11. The molecule has 0 bridgehead atoms. The Bertz CT molecular complexity index is 373. The molecule has 0 saturated carbocycles. The van der Waals surface area contributed by atoms with Crippen LogP contribution in [0.25, 0.3) is 0 Å². The third-order valence-electron chi connectivity index (χ3n) is 2.17. The molecule has 0 aliphatic carbocycles. The van der Waals surface area contributed by atoms with E-state index in [2.05, 4.69) is 4.98 Å². The van der Waals surface area contributed by atoms with Gasteiger partial charge in [-0.05, 0) is 13.8 Å². The van der Waals surface area contributed by atoms with Crippen molar-refractivity contribution in [2.75, 3.05) is 6.54 Å². The van der Waals surface area contributed by atoms with E-state index in [0.29, 0.717) is 12.4 Å². The summed E-state index contributed by atoms with van der Waals surface area (Å²) in [5, 5.41) is 9.44. The lowest BCUT2D eigenvalue weighted by molar-refractivity contribution is 0.183. The van der Waals surface area contributed by atoms with Gasteiger partial charge in [0.05, 0.1) is 11.7 Å². The molecule has 1 rings (SSSR count). The Kier molecular flexibility index (Phi) is 3.38. The number of nitrogens with two attached hydrogens (primary N) is 1. The highest BCUT2D eigenvalue weighted by molar-refractivity contribution is 5.10. The van der Waals surface area contributed by atoms with Crippen LogP contribution in [0.5, 0.6) is 0 Å². The molecule has 1 unspecified atom stereocenters. The molecule has 0 aliphatic rings. The van der Waals surface area contributed by atoms with E-state index >= 15 is 0 Å². The highest BCUT2D eigenvalue weighted by atomic mass is 16.3. The largest absolute Gasteiger partial charge is 0.387 e. The van der Waals surface area contributed by atoms with E-state index < -0.39 is 6.10 Å². The van der Waals surface area contributed by atoms with Gasteiger partial charge in [-0.25, -0.2) is 4.98 Å². The molecular formula is C9H15N3O2. The molecule has 14 heavy (non-hydrogen) atoms. The fourth-order valence-corrected chi connectivity index (χ4v) is 1.32. The van der Waals surface area contributed by atoms with Crippen molar-refractivity contribution in [2.24, 2.45) is 5.73 Å². The van der Waals surface area contributed by atoms with Crippen LogP contribution in [0.2, 0.25) is 0 Å². The Labute approximate surface area is 82.2 Å². The minimum Gasteiger partial charge on any atom is -0.387 e. The second-order valence-corrected chi connectivity index (χ2v) is 3.06. The molecule has 1 aromatic rings. The molecule has 0 aromatic carbocycles. The van der Waals surface area contributed by atoms with Crippen molar-refractivity contribution in [1.82, 2.24) is 9.55 Å². The standard InChI is InChI=1S/C9H15N3O2/c1-3-12-6(2)11-5-7(9(12)14)8(13)4-10/h5,8,13H,3-4,10H2,1-2H3. The van der Waals surface area contributed by atoms with Gasteiger partial charge in [-0.15, -0.1) is 0 Å². The van der Waals surface area contributed by atoms with E-state index in [9.17, 15) is 9.90 Å². The quantitative estimate of drug-likeness (QED) is 0.688. The van der Waals surface area contributed by atoms with Gasteiger partial charge in [0.25, 0.3) is 5.56 Å². The SMILES string of the molecule is CCn1c(C)ncc(C(O)CN)c1=O. The second-order valence-electron chi connectivity index (χ2n) is 3.06. The zero-order valence-electron chi connectivity index (χ0n) is 8.40. The Morgan fingerprint density at radius 1 is 1.71 bits per heavy atom. The molecule has 0 spiro atoms. The molecule has 3 N–H and O–H groups in total. The molecule has 0 radical (unpaired) electrons. The summed E-state index contributed by atoms with van der Waals surface area (Å²) >= 11 is 0. The number of rotatable bonds is 3. The number of aliphatic hydroxyl groups is 1. The maximum atomic E-state index is 11.7. The number of aliphatic hydroxyl groups excluding tert-OH is 1. The average molecular weight is 197 g/mol. The zero-order valence-corrected chi connectivity index (χ0v) is 8.40. The first-order chi connectivity index (χ1) is 6.61.